The summed E-state index contributed by atoms with van der Waals surface area (Å²) >= 11 is 1.74. The van der Waals surface area contributed by atoms with Crippen LogP contribution in [0.2, 0.25) is 0 Å². The average molecular weight is 223 g/mol. The zero-order chi connectivity index (χ0) is 10.1. The minimum Gasteiger partial charge on any atom is -0.485 e. The molecule has 2 heterocycles. The molecule has 0 aromatic carbocycles. The number of nitrogens with one attached hydrogen (secondary N) is 1. The maximum absolute atomic E-state index is 6.06. The van der Waals surface area contributed by atoms with E-state index in [4.69, 9.17) is 4.74 Å². The van der Waals surface area contributed by atoms with Gasteiger partial charge in [-0.25, -0.2) is 0 Å². The number of thiophene rings is 1. The minimum absolute atomic E-state index is 0.410. The molecule has 2 aliphatic rings. The third kappa shape index (κ3) is 1.85. The van der Waals surface area contributed by atoms with Crippen molar-refractivity contribution in [3.8, 4) is 5.75 Å². The molecule has 1 N–H and O–H groups in total. The molecule has 1 aromatic heterocycles. The molecule has 1 fully saturated rings. The molecule has 0 amide bonds. The van der Waals surface area contributed by atoms with Gasteiger partial charge in [0, 0.05) is 0 Å². The van der Waals surface area contributed by atoms with E-state index in [0.717, 1.165) is 18.2 Å². The number of hydrogen-bond donors (Lipinski definition) is 1. The molecular formula is C12H17NOS. The van der Waals surface area contributed by atoms with Crippen molar-refractivity contribution in [2.24, 2.45) is 5.92 Å². The fraction of sp³-hybridized carbons (Fsp3) is 0.667. The molecule has 1 aliphatic carbocycles. The van der Waals surface area contributed by atoms with Gasteiger partial charge in [0.15, 0.2) is 5.75 Å². The molecule has 3 rings (SSSR count). The number of rotatable bonds is 1. The topological polar surface area (TPSA) is 21.3 Å². The number of hydrogen-bond acceptors (Lipinski definition) is 3. The van der Waals surface area contributed by atoms with E-state index in [2.05, 4.69) is 16.8 Å². The Hall–Kier alpha value is -0.700. The Morgan fingerprint density at radius 3 is 3.00 bits per heavy atom. The summed E-state index contributed by atoms with van der Waals surface area (Å²) in [6, 6.07) is 2.09. The van der Waals surface area contributed by atoms with E-state index in [1.54, 1.807) is 11.3 Å². The summed E-state index contributed by atoms with van der Waals surface area (Å²) in [6.45, 7) is 0.998. The Morgan fingerprint density at radius 1 is 1.27 bits per heavy atom. The quantitative estimate of drug-likeness (QED) is 0.786. The van der Waals surface area contributed by atoms with Crippen LogP contribution >= 0.6 is 11.3 Å². The monoisotopic (exact) mass is 223 g/mol. The van der Waals surface area contributed by atoms with Crippen molar-refractivity contribution in [1.82, 2.24) is 0 Å². The molecule has 0 radical (unpaired) electrons. The van der Waals surface area contributed by atoms with E-state index in [1.807, 2.05) is 0 Å². The van der Waals surface area contributed by atoms with Gasteiger partial charge in [-0.3, -0.25) is 0 Å². The number of ether oxygens (including phenoxy) is 1. The van der Waals surface area contributed by atoms with Gasteiger partial charge >= 0.3 is 0 Å². The van der Waals surface area contributed by atoms with Gasteiger partial charge in [0.2, 0.25) is 0 Å². The smallest absolute Gasteiger partial charge is 0.154 e. The van der Waals surface area contributed by atoms with Crippen molar-refractivity contribution >= 4 is 16.3 Å². The summed E-state index contributed by atoms with van der Waals surface area (Å²) in [5, 5.41) is 6.79. The highest BCUT2D eigenvalue weighted by molar-refractivity contribution is 7.14. The first kappa shape index (κ1) is 9.52. The van der Waals surface area contributed by atoms with Crippen LogP contribution in [0.3, 0.4) is 0 Å². The van der Waals surface area contributed by atoms with Gasteiger partial charge < -0.3 is 10.1 Å². The fourth-order valence-electron chi connectivity index (χ4n) is 2.69. The Labute approximate surface area is 94.6 Å². The summed E-state index contributed by atoms with van der Waals surface area (Å²) in [7, 11) is 0. The average Bonchev–Trinajstić information content (AvgIpc) is 2.77. The van der Waals surface area contributed by atoms with Crippen LogP contribution in [0.1, 0.15) is 32.1 Å². The highest BCUT2D eigenvalue weighted by atomic mass is 32.1. The largest absolute Gasteiger partial charge is 0.485 e. The molecule has 1 aliphatic heterocycles. The van der Waals surface area contributed by atoms with Crippen LogP contribution in [-0.4, -0.2) is 12.6 Å². The highest BCUT2D eigenvalue weighted by Crippen LogP contribution is 2.38. The normalized spacial score (nSPS) is 26.5. The first-order chi connectivity index (χ1) is 7.43. The lowest BCUT2D eigenvalue weighted by atomic mass is 9.85. The molecule has 82 valence electrons. The van der Waals surface area contributed by atoms with Gasteiger partial charge in [-0.05, 0) is 30.2 Å². The summed E-state index contributed by atoms with van der Waals surface area (Å²) in [5.74, 6) is 1.85. The summed E-state index contributed by atoms with van der Waals surface area (Å²) in [6.07, 6.45) is 7.31. The van der Waals surface area contributed by atoms with Gasteiger partial charge in [-0.2, -0.15) is 0 Å². The van der Waals surface area contributed by atoms with Crippen LogP contribution < -0.4 is 10.1 Å². The molecular weight excluding hydrogens is 206 g/mol. The van der Waals surface area contributed by atoms with Crippen LogP contribution in [0.25, 0.3) is 0 Å². The van der Waals surface area contributed by atoms with E-state index in [1.165, 1.54) is 37.1 Å². The SMILES string of the molecule is c1cc2c(s1)NCC(C1CCCCC1)O2. The third-order valence-electron chi connectivity index (χ3n) is 3.55. The molecule has 0 saturated heterocycles. The van der Waals surface area contributed by atoms with E-state index in [0.29, 0.717) is 6.10 Å². The number of fused-ring (bicyclic) bond motifs is 1. The summed E-state index contributed by atoms with van der Waals surface area (Å²) < 4.78 is 6.06. The first-order valence-electron chi connectivity index (χ1n) is 5.91. The van der Waals surface area contributed by atoms with E-state index in [9.17, 15) is 0 Å². The molecule has 0 spiro atoms. The van der Waals surface area contributed by atoms with Crippen molar-refractivity contribution < 1.29 is 4.74 Å². The van der Waals surface area contributed by atoms with Gasteiger partial charge in [-0.15, -0.1) is 11.3 Å². The Bertz CT molecular complexity index is 330. The molecule has 3 heteroatoms. The van der Waals surface area contributed by atoms with E-state index < -0.39 is 0 Å². The molecule has 2 nitrogen and oxygen atoms in total. The fourth-order valence-corrected chi connectivity index (χ4v) is 3.41. The lowest BCUT2D eigenvalue weighted by Crippen LogP contribution is -2.37. The molecule has 1 unspecified atom stereocenters. The standard InChI is InChI=1S/C12H17NOS/c1-2-4-9(5-3-1)11-8-13-12-10(14-11)6-7-15-12/h6-7,9,11,13H,1-5,8H2. The molecule has 1 saturated carbocycles. The summed E-state index contributed by atoms with van der Waals surface area (Å²) in [4.78, 5) is 0. The van der Waals surface area contributed by atoms with Crippen LogP contribution in [0.15, 0.2) is 11.4 Å². The Kier molecular flexibility index (Phi) is 2.57. The van der Waals surface area contributed by atoms with Crippen LogP contribution in [-0.2, 0) is 0 Å². The molecule has 15 heavy (non-hydrogen) atoms. The lowest BCUT2D eigenvalue weighted by Gasteiger charge is -2.33. The highest BCUT2D eigenvalue weighted by Gasteiger charge is 2.28. The molecule has 1 atom stereocenters. The van der Waals surface area contributed by atoms with E-state index >= 15 is 0 Å². The van der Waals surface area contributed by atoms with Crippen molar-refractivity contribution in [1.29, 1.82) is 0 Å². The van der Waals surface area contributed by atoms with Crippen LogP contribution in [0, 0.1) is 5.92 Å². The second kappa shape index (κ2) is 4.05. The second-order valence-corrected chi connectivity index (χ2v) is 5.47. The zero-order valence-corrected chi connectivity index (χ0v) is 9.69. The van der Waals surface area contributed by atoms with Gasteiger partial charge in [-0.1, -0.05) is 19.3 Å². The van der Waals surface area contributed by atoms with Crippen LogP contribution in [0.5, 0.6) is 5.75 Å². The van der Waals surface area contributed by atoms with Crippen molar-refractivity contribution in [2.45, 2.75) is 38.2 Å². The van der Waals surface area contributed by atoms with Gasteiger partial charge in [0.05, 0.1) is 6.54 Å². The maximum atomic E-state index is 6.06. The van der Waals surface area contributed by atoms with Crippen molar-refractivity contribution in [2.75, 3.05) is 11.9 Å². The Balaban J connectivity index is 1.69. The Morgan fingerprint density at radius 2 is 2.13 bits per heavy atom. The van der Waals surface area contributed by atoms with E-state index in [-0.39, 0.29) is 0 Å². The molecule has 0 bridgehead atoms. The predicted molar refractivity (Wildman–Crippen MR) is 63.8 cm³/mol. The summed E-state index contributed by atoms with van der Waals surface area (Å²) in [5.41, 5.74) is 0. The molecule has 1 aromatic rings. The van der Waals surface area contributed by atoms with Crippen LogP contribution in [0.4, 0.5) is 5.00 Å². The zero-order valence-electron chi connectivity index (χ0n) is 8.87. The van der Waals surface area contributed by atoms with Crippen molar-refractivity contribution in [3.63, 3.8) is 0 Å². The first-order valence-corrected chi connectivity index (χ1v) is 6.79. The van der Waals surface area contributed by atoms with Gasteiger partial charge in [0.25, 0.3) is 0 Å². The minimum atomic E-state index is 0.410. The lowest BCUT2D eigenvalue weighted by molar-refractivity contribution is 0.113. The number of anilines is 1. The van der Waals surface area contributed by atoms with Gasteiger partial charge in [0.1, 0.15) is 11.1 Å². The predicted octanol–water partition coefficient (Wildman–Crippen LogP) is 3.50. The third-order valence-corrected chi connectivity index (χ3v) is 4.40. The van der Waals surface area contributed by atoms with Crippen molar-refractivity contribution in [3.05, 3.63) is 11.4 Å². The second-order valence-electron chi connectivity index (χ2n) is 4.55. The maximum Gasteiger partial charge on any atom is 0.154 e.